The normalized spacial score (nSPS) is 25.6. The van der Waals surface area contributed by atoms with Crippen molar-refractivity contribution in [2.75, 3.05) is 13.2 Å². The van der Waals surface area contributed by atoms with Crippen molar-refractivity contribution in [2.45, 2.75) is 109 Å². The van der Waals surface area contributed by atoms with Crippen LogP contribution in [0.5, 0.6) is 0 Å². The van der Waals surface area contributed by atoms with E-state index < -0.39 is 49.0 Å². The van der Waals surface area contributed by atoms with Gasteiger partial charge in [-0.25, -0.2) is 0 Å². The Morgan fingerprint density at radius 1 is 0.338 bits per heavy atom. The molecule has 9 nitrogen and oxygen atoms in total. The van der Waals surface area contributed by atoms with E-state index in [4.69, 9.17) is 42.6 Å². The zero-order chi connectivity index (χ0) is 44.5. The molecular formula is C56H62O9. The maximum Gasteiger partial charge on any atom is 0.187 e. The summed E-state index contributed by atoms with van der Waals surface area (Å²) in [5.41, 5.74) is 6.24. The summed E-state index contributed by atoms with van der Waals surface area (Å²) in [5, 5.41) is 0. The fourth-order valence-electron chi connectivity index (χ4n) is 8.45. The van der Waals surface area contributed by atoms with E-state index in [1.807, 2.05) is 109 Å². The molecule has 0 saturated carbocycles. The predicted molar refractivity (Wildman–Crippen MR) is 249 cm³/mol. The van der Waals surface area contributed by atoms with E-state index in [0.717, 1.165) is 33.4 Å². The molecule has 0 aromatic heterocycles. The highest BCUT2D eigenvalue weighted by Gasteiger charge is 2.53. The average Bonchev–Trinajstić information content (AvgIpc) is 3.35. The van der Waals surface area contributed by atoms with Crippen LogP contribution in [-0.2, 0) is 82.3 Å². The first-order chi connectivity index (χ1) is 32.1. The van der Waals surface area contributed by atoms with E-state index >= 15 is 0 Å². The standard InChI is InChI=1S/C56H62O9/c1-41-42(2)63-50(40-58-34-44-23-11-4-12-24-44)53(51(41)59-35-45-25-13-5-14-26-45)65-56-55(62-38-48-31-19-8-20-32-48)54(61-37-47-29-17-7-18-30-47)52(60-36-46-27-15-6-16-28-46)49(64-56)39-57-33-43-21-9-3-10-22-43/h3-32,41-42,49-56H,33-40H2,1-2H3/t41?,42-,49?,50?,51-,52-,53+,54+,55?,56-/m0/s1. The lowest BCUT2D eigenvalue weighted by atomic mass is 9.88. The minimum Gasteiger partial charge on any atom is -0.374 e. The first kappa shape index (κ1) is 46.5. The van der Waals surface area contributed by atoms with E-state index in [-0.39, 0.29) is 31.8 Å². The highest BCUT2D eigenvalue weighted by Crippen LogP contribution is 2.37. The zero-order valence-corrected chi connectivity index (χ0v) is 37.4. The van der Waals surface area contributed by atoms with Gasteiger partial charge in [-0.2, -0.15) is 0 Å². The summed E-state index contributed by atoms with van der Waals surface area (Å²) in [6.07, 6.45) is -5.31. The number of benzene rings is 6. The molecule has 0 bridgehead atoms. The van der Waals surface area contributed by atoms with Crippen molar-refractivity contribution in [3.63, 3.8) is 0 Å². The molecule has 6 aromatic rings. The second-order valence-corrected chi connectivity index (χ2v) is 16.9. The summed E-state index contributed by atoms with van der Waals surface area (Å²) in [6.45, 7) is 6.86. The van der Waals surface area contributed by atoms with Gasteiger partial charge in [0.05, 0.1) is 65.1 Å². The summed E-state index contributed by atoms with van der Waals surface area (Å²) in [7, 11) is 0. The van der Waals surface area contributed by atoms with Crippen LogP contribution in [0.3, 0.4) is 0 Å². The third-order valence-corrected chi connectivity index (χ3v) is 12.1. The molecule has 0 spiro atoms. The van der Waals surface area contributed by atoms with Gasteiger partial charge in [0.2, 0.25) is 0 Å². The first-order valence-electron chi connectivity index (χ1n) is 22.9. The Morgan fingerprint density at radius 2 is 0.662 bits per heavy atom. The van der Waals surface area contributed by atoms with Crippen molar-refractivity contribution in [1.82, 2.24) is 0 Å². The van der Waals surface area contributed by atoms with Crippen LogP contribution in [0.4, 0.5) is 0 Å². The lowest BCUT2D eigenvalue weighted by Crippen LogP contribution is -2.64. The molecule has 6 aromatic carbocycles. The Labute approximate surface area is 384 Å². The van der Waals surface area contributed by atoms with Crippen LogP contribution in [0.1, 0.15) is 47.2 Å². The Bertz CT molecular complexity index is 2200. The van der Waals surface area contributed by atoms with Crippen molar-refractivity contribution in [3.05, 3.63) is 215 Å². The molecule has 0 radical (unpaired) electrons. The minimum atomic E-state index is -0.963. The fourth-order valence-corrected chi connectivity index (χ4v) is 8.45. The monoisotopic (exact) mass is 878 g/mol. The minimum absolute atomic E-state index is 0.0431. The molecule has 65 heavy (non-hydrogen) atoms. The number of ether oxygens (including phenoxy) is 9. The molecule has 2 aliphatic heterocycles. The molecule has 8 rings (SSSR count). The van der Waals surface area contributed by atoms with Crippen LogP contribution in [-0.4, -0.2) is 68.3 Å². The van der Waals surface area contributed by atoms with Gasteiger partial charge in [0.25, 0.3) is 0 Å². The summed E-state index contributed by atoms with van der Waals surface area (Å²) < 4.78 is 62.2. The van der Waals surface area contributed by atoms with Gasteiger partial charge in [-0.15, -0.1) is 0 Å². The van der Waals surface area contributed by atoms with Crippen molar-refractivity contribution in [3.8, 4) is 0 Å². The Morgan fingerprint density at radius 3 is 1.06 bits per heavy atom. The summed E-state index contributed by atoms with van der Waals surface area (Å²) >= 11 is 0. The molecule has 0 N–H and O–H groups in total. The van der Waals surface area contributed by atoms with Crippen LogP contribution < -0.4 is 0 Å². The van der Waals surface area contributed by atoms with Crippen LogP contribution in [0, 0.1) is 5.92 Å². The van der Waals surface area contributed by atoms with E-state index in [1.165, 1.54) is 0 Å². The summed E-state index contributed by atoms with van der Waals surface area (Å²) in [5.74, 6) is -0.0431. The molecule has 2 saturated heterocycles. The summed E-state index contributed by atoms with van der Waals surface area (Å²) in [4.78, 5) is 0. The number of hydrogen-bond acceptors (Lipinski definition) is 9. The predicted octanol–water partition coefficient (Wildman–Crippen LogP) is 10.3. The van der Waals surface area contributed by atoms with Gasteiger partial charge in [0.15, 0.2) is 6.29 Å². The van der Waals surface area contributed by atoms with Crippen LogP contribution in [0.15, 0.2) is 182 Å². The molecule has 2 aliphatic rings. The van der Waals surface area contributed by atoms with Gasteiger partial charge in [-0.3, -0.25) is 0 Å². The lowest BCUT2D eigenvalue weighted by Gasteiger charge is -2.50. The Kier molecular flexibility index (Phi) is 17.5. The second kappa shape index (κ2) is 24.5. The van der Waals surface area contributed by atoms with E-state index in [9.17, 15) is 0 Å². The molecule has 340 valence electrons. The topological polar surface area (TPSA) is 83.1 Å². The SMILES string of the molecule is CC1[C@H](C)OC(COCc2ccccc2)[C@@H](O[C@@H]2OC(COCc3ccccc3)[C@H](OCc3ccccc3)[C@@H](OCc3ccccc3)C2OCc2ccccc2)[C@H]1OCc1ccccc1. The van der Waals surface area contributed by atoms with E-state index in [0.29, 0.717) is 33.0 Å². The number of rotatable bonds is 22. The number of hydrogen-bond donors (Lipinski definition) is 0. The van der Waals surface area contributed by atoms with Gasteiger partial charge in [-0.05, 0) is 40.3 Å². The lowest BCUT2D eigenvalue weighted by molar-refractivity contribution is -0.358. The van der Waals surface area contributed by atoms with Crippen molar-refractivity contribution < 1.29 is 42.6 Å². The Balaban J connectivity index is 1.15. The van der Waals surface area contributed by atoms with Gasteiger partial charge in [0, 0.05) is 5.92 Å². The third kappa shape index (κ3) is 13.5. The van der Waals surface area contributed by atoms with Gasteiger partial charge >= 0.3 is 0 Å². The molecule has 2 fully saturated rings. The first-order valence-corrected chi connectivity index (χ1v) is 22.9. The highest BCUT2D eigenvalue weighted by molar-refractivity contribution is 5.18. The molecule has 10 atom stereocenters. The van der Waals surface area contributed by atoms with Crippen molar-refractivity contribution in [2.24, 2.45) is 5.92 Å². The van der Waals surface area contributed by atoms with E-state index in [1.54, 1.807) is 0 Å². The van der Waals surface area contributed by atoms with Gasteiger partial charge in [-0.1, -0.05) is 189 Å². The van der Waals surface area contributed by atoms with Gasteiger partial charge < -0.3 is 42.6 Å². The summed E-state index contributed by atoms with van der Waals surface area (Å²) in [6, 6.07) is 60.9. The van der Waals surface area contributed by atoms with Crippen molar-refractivity contribution >= 4 is 0 Å². The highest BCUT2D eigenvalue weighted by atomic mass is 16.7. The smallest absolute Gasteiger partial charge is 0.187 e. The van der Waals surface area contributed by atoms with Gasteiger partial charge in [0.1, 0.15) is 36.6 Å². The average molecular weight is 879 g/mol. The zero-order valence-electron chi connectivity index (χ0n) is 37.4. The largest absolute Gasteiger partial charge is 0.374 e. The molecule has 4 unspecified atom stereocenters. The molecular weight excluding hydrogens is 817 g/mol. The fraction of sp³-hybridized carbons (Fsp3) is 0.357. The third-order valence-electron chi connectivity index (χ3n) is 12.1. The van der Waals surface area contributed by atoms with E-state index in [2.05, 4.69) is 86.6 Å². The quantitative estimate of drug-likeness (QED) is 0.0662. The molecule has 0 aliphatic carbocycles. The Hall–Kier alpha value is -5.04. The molecule has 0 amide bonds. The maximum atomic E-state index is 7.39. The van der Waals surface area contributed by atoms with Crippen LogP contribution >= 0.6 is 0 Å². The maximum absolute atomic E-state index is 7.39. The molecule has 9 heteroatoms. The van der Waals surface area contributed by atoms with Crippen LogP contribution in [0.25, 0.3) is 0 Å². The second-order valence-electron chi connectivity index (χ2n) is 16.9. The molecule has 2 heterocycles. The van der Waals surface area contributed by atoms with Crippen molar-refractivity contribution in [1.29, 1.82) is 0 Å². The van der Waals surface area contributed by atoms with Crippen LogP contribution in [0.2, 0.25) is 0 Å².